The lowest BCUT2D eigenvalue weighted by Gasteiger charge is -2.44. The summed E-state index contributed by atoms with van der Waals surface area (Å²) in [6, 6.07) is 0. The zero-order chi connectivity index (χ0) is 13.3. The Morgan fingerprint density at radius 3 is 2.83 bits per heavy atom. The zero-order valence-electron chi connectivity index (χ0n) is 10.5. The normalized spacial score (nSPS) is 26.4. The third kappa shape index (κ3) is 2.27. The molecule has 0 unspecified atom stereocenters. The first-order valence-electron chi connectivity index (χ1n) is 5.93. The number of hydrogen-bond donors (Lipinski definition) is 2. The minimum absolute atomic E-state index is 0.0408. The third-order valence-corrected chi connectivity index (χ3v) is 4.88. The van der Waals surface area contributed by atoms with E-state index < -0.39 is 5.41 Å². The van der Waals surface area contributed by atoms with Crippen molar-refractivity contribution in [3.63, 3.8) is 0 Å². The zero-order valence-corrected chi connectivity index (χ0v) is 12.2. The number of aryl methyl sites for hydroxylation is 1. The second-order valence-electron chi connectivity index (χ2n) is 5.00. The second kappa shape index (κ2) is 4.93. The molecule has 4 nitrogen and oxygen atoms in total. The van der Waals surface area contributed by atoms with Crippen LogP contribution in [0.4, 0.5) is 0 Å². The van der Waals surface area contributed by atoms with E-state index in [1.54, 1.807) is 16.8 Å². The molecule has 0 aromatic carbocycles. The number of aromatic nitrogens is 1. The fraction of sp³-hybridized carbons (Fsp3) is 0.583. The van der Waals surface area contributed by atoms with Crippen LogP contribution in [-0.4, -0.2) is 15.9 Å². The molecule has 6 heteroatoms. The molecule has 1 saturated carbocycles. The van der Waals surface area contributed by atoms with Gasteiger partial charge in [0.25, 0.3) is 0 Å². The fourth-order valence-electron chi connectivity index (χ4n) is 2.45. The first-order chi connectivity index (χ1) is 8.45. The average Bonchev–Trinajstić information content (AvgIpc) is 2.66. The van der Waals surface area contributed by atoms with Crippen LogP contribution in [0, 0.1) is 18.3 Å². The van der Waals surface area contributed by atoms with Gasteiger partial charge < -0.3 is 11.1 Å². The topological polar surface area (TPSA) is 68.0 Å². The summed E-state index contributed by atoms with van der Waals surface area (Å²) < 4.78 is 0. The minimum atomic E-state index is -0.618. The predicted octanol–water partition coefficient (Wildman–Crippen LogP) is 1.77. The van der Waals surface area contributed by atoms with Gasteiger partial charge in [-0.05, 0) is 25.7 Å². The van der Waals surface area contributed by atoms with Gasteiger partial charge in [0.2, 0.25) is 5.91 Å². The maximum Gasteiger partial charge on any atom is 0.233 e. The van der Waals surface area contributed by atoms with Crippen LogP contribution < -0.4 is 11.1 Å². The Hall–Kier alpha value is -1.01. The van der Waals surface area contributed by atoms with Gasteiger partial charge in [-0.1, -0.05) is 19.1 Å². The molecular formula is C12H17N3OS2. The molecule has 1 heterocycles. The Morgan fingerprint density at radius 1 is 1.72 bits per heavy atom. The number of nitrogens with zero attached hydrogens (tertiary/aromatic N) is 1. The van der Waals surface area contributed by atoms with E-state index >= 15 is 0 Å². The number of carbonyl (C=O) groups excluding carboxylic acids is 1. The molecule has 0 saturated heterocycles. The van der Waals surface area contributed by atoms with Crippen LogP contribution in [0.25, 0.3) is 0 Å². The number of nitrogens with two attached hydrogens (primary N) is 1. The van der Waals surface area contributed by atoms with Crippen LogP contribution in [0.5, 0.6) is 0 Å². The van der Waals surface area contributed by atoms with Gasteiger partial charge in [-0.25, -0.2) is 4.98 Å². The van der Waals surface area contributed by atoms with Crippen molar-refractivity contribution in [3.8, 4) is 0 Å². The number of rotatable bonds is 4. The Morgan fingerprint density at radius 2 is 2.39 bits per heavy atom. The molecular weight excluding hydrogens is 266 g/mol. The van der Waals surface area contributed by atoms with Crippen molar-refractivity contribution in [1.29, 1.82) is 0 Å². The summed E-state index contributed by atoms with van der Waals surface area (Å²) in [5.74, 6) is 0.475. The first kappa shape index (κ1) is 13.4. The Labute approximate surface area is 116 Å². The highest BCUT2D eigenvalue weighted by atomic mass is 32.1. The van der Waals surface area contributed by atoms with Crippen molar-refractivity contribution in [3.05, 3.63) is 16.1 Å². The number of thiocarbonyl (C=S) groups is 1. The third-order valence-electron chi connectivity index (χ3n) is 3.55. The quantitative estimate of drug-likeness (QED) is 0.826. The van der Waals surface area contributed by atoms with E-state index in [9.17, 15) is 4.79 Å². The highest BCUT2D eigenvalue weighted by Gasteiger charge is 2.50. The number of carbonyl (C=O) groups is 1. The standard InChI is InChI=1S/C12H17N3OS2/c1-7-3-12(4-7,10(13)17)11(16)14-5-9-8(2)15-6-18-9/h6-7H,3-5H2,1-2H3,(H2,13,17)(H,14,16). The number of amides is 1. The number of nitrogens with one attached hydrogen (secondary N) is 1. The SMILES string of the molecule is Cc1ncsc1CNC(=O)C1(C(N)=S)CC(C)C1. The van der Waals surface area contributed by atoms with Crippen molar-refractivity contribution < 1.29 is 4.79 Å². The Bertz CT molecular complexity index is 477. The molecule has 98 valence electrons. The van der Waals surface area contributed by atoms with Gasteiger partial charge in [-0.2, -0.15) is 0 Å². The van der Waals surface area contributed by atoms with E-state index in [1.807, 2.05) is 6.92 Å². The molecule has 1 aliphatic carbocycles. The van der Waals surface area contributed by atoms with Gasteiger partial charge in [-0.15, -0.1) is 11.3 Å². The van der Waals surface area contributed by atoms with Crippen LogP contribution in [0.1, 0.15) is 30.3 Å². The largest absolute Gasteiger partial charge is 0.392 e. The summed E-state index contributed by atoms with van der Waals surface area (Å²) in [5.41, 5.74) is 7.87. The maximum absolute atomic E-state index is 12.2. The van der Waals surface area contributed by atoms with E-state index in [0.29, 0.717) is 17.5 Å². The van der Waals surface area contributed by atoms with Gasteiger partial charge in [0.05, 0.1) is 28.2 Å². The Balaban J connectivity index is 1.99. The predicted molar refractivity (Wildman–Crippen MR) is 76.3 cm³/mol. The summed E-state index contributed by atoms with van der Waals surface area (Å²) in [6.45, 7) is 4.55. The Kier molecular flexibility index (Phi) is 3.68. The van der Waals surface area contributed by atoms with Gasteiger partial charge in [-0.3, -0.25) is 4.79 Å². The molecule has 1 fully saturated rings. The first-order valence-corrected chi connectivity index (χ1v) is 7.21. The molecule has 0 atom stereocenters. The summed E-state index contributed by atoms with van der Waals surface area (Å²) in [6.07, 6.45) is 1.52. The van der Waals surface area contributed by atoms with Crippen LogP contribution in [0.15, 0.2) is 5.51 Å². The van der Waals surface area contributed by atoms with Crippen molar-refractivity contribution >= 4 is 34.5 Å². The van der Waals surface area contributed by atoms with Crippen LogP contribution in [0.3, 0.4) is 0 Å². The maximum atomic E-state index is 12.2. The van der Waals surface area contributed by atoms with Crippen molar-refractivity contribution in [2.24, 2.45) is 17.1 Å². The second-order valence-corrected chi connectivity index (χ2v) is 6.38. The molecule has 0 radical (unpaired) electrons. The molecule has 0 spiro atoms. The molecule has 0 bridgehead atoms. The molecule has 1 amide bonds. The summed E-state index contributed by atoms with van der Waals surface area (Å²) in [7, 11) is 0. The van der Waals surface area contributed by atoms with E-state index in [1.165, 1.54) is 0 Å². The molecule has 2 rings (SSSR count). The van der Waals surface area contributed by atoms with Crippen LogP contribution >= 0.6 is 23.6 Å². The van der Waals surface area contributed by atoms with Gasteiger partial charge in [0.15, 0.2) is 0 Å². The molecule has 3 N–H and O–H groups in total. The molecule has 1 aromatic rings. The van der Waals surface area contributed by atoms with E-state index in [-0.39, 0.29) is 5.91 Å². The van der Waals surface area contributed by atoms with E-state index in [4.69, 9.17) is 18.0 Å². The summed E-state index contributed by atoms with van der Waals surface area (Å²) >= 11 is 6.60. The van der Waals surface area contributed by atoms with Crippen molar-refractivity contribution in [1.82, 2.24) is 10.3 Å². The summed E-state index contributed by atoms with van der Waals surface area (Å²) in [4.78, 5) is 17.8. The van der Waals surface area contributed by atoms with Gasteiger partial charge >= 0.3 is 0 Å². The van der Waals surface area contributed by atoms with Gasteiger partial charge in [0.1, 0.15) is 0 Å². The average molecular weight is 283 g/mol. The van der Waals surface area contributed by atoms with Crippen molar-refractivity contribution in [2.75, 3.05) is 0 Å². The van der Waals surface area contributed by atoms with Crippen LogP contribution in [-0.2, 0) is 11.3 Å². The lowest BCUT2D eigenvalue weighted by molar-refractivity contribution is -0.133. The lowest BCUT2D eigenvalue weighted by atomic mass is 9.62. The smallest absolute Gasteiger partial charge is 0.233 e. The van der Waals surface area contributed by atoms with E-state index in [2.05, 4.69) is 17.2 Å². The van der Waals surface area contributed by atoms with E-state index in [0.717, 1.165) is 23.4 Å². The lowest BCUT2D eigenvalue weighted by Crippen LogP contribution is -2.55. The fourth-order valence-corrected chi connectivity index (χ4v) is 3.43. The van der Waals surface area contributed by atoms with Crippen molar-refractivity contribution in [2.45, 2.75) is 33.2 Å². The highest BCUT2D eigenvalue weighted by molar-refractivity contribution is 7.80. The number of hydrogen-bond acceptors (Lipinski definition) is 4. The molecule has 1 aliphatic rings. The van der Waals surface area contributed by atoms with Gasteiger partial charge in [0, 0.05) is 4.88 Å². The molecule has 0 aliphatic heterocycles. The summed E-state index contributed by atoms with van der Waals surface area (Å²) in [5, 5.41) is 2.93. The van der Waals surface area contributed by atoms with Crippen LogP contribution in [0.2, 0.25) is 0 Å². The minimum Gasteiger partial charge on any atom is -0.392 e. The monoisotopic (exact) mass is 283 g/mol. The number of thiazole rings is 1. The highest BCUT2D eigenvalue weighted by Crippen LogP contribution is 2.46. The molecule has 1 aromatic heterocycles. The molecule has 18 heavy (non-hydrogen) atoms.